The van der Waals surface area contributed by atoms with E-state index < -0.39 is 11.7 Å². The standard InChI is InChI=1S/C24H22F3N/c25-24(26,27)22-9-4-8-21(17-22)18-11-14-28(15-12-18)16-13-20-7-3-6-19-5-1-2-10-23(19)20/h1-11,17H,12-16H2. The normalized spacial score (nSPS) is 15.6. The van der Waals surface area contributed by atoms with Gasteiger partial charge in [0.1, 0.15) is 0 Å². The van der Waals surface area contributed by atoms with E-state index in [0.717, 1.165) is 44.1 Å². The van der Waals surface area contributed by atoms with Crippen LogP contribution in [0.2, 0.25) is 0 Å². The molecule has 0 bridgehead atoms. The Bertz CT molecular complexity index is 999. The molecule has 3 aromatic carbocycles. The minimum absolute atomic E-state index is 0.579. The predicted octanol–water partition coefficient (Wildman–Crippen LogP) is 6.19. The second-order valence-electron chi connectivity index (χ2n) is 7.25. The number of alkyl halides is 3. The summed E-state index contributed by atoms with van der Waals surface area (Å²) in [5.41, 5.74) is 2.45. The largest absolute Gasteiger partial charge is 0.416 e. The molecule has 28 heavy (non-hydrogen) atoms. The highest BCUT2D eigenvalue weighted by molar-refractivity contribution is 5.85. The van der Waals surface area contributed by atoms with Crippen LogP contribution in [0, 0.1) is 0 Å². The van der Waals surface area contributed by atoms with Gasteiger partial charge in [-0.3, -0.25) is 4.90 Å². The molecule has 4 rings (SSSR count). The maximum Gasteiger partial charge on any atom is 0.416 e. The van der Waals surface area contributed by atoms with Crippen LogP contribution in [0.4, 0.5) is 13.2 Å². The third-order valence-corrected chi connectivity index (χ3v) is 5.43. The lowest BCUT2D eigenvalue weighted by molar-refractivity contribution is -0.137. The summed E-state index contributed by atoms with van der Waals surface area (Å²) >= 11 is 0. The molecule has 0 amide bonds. The Labute approximate surface area is 163 Å². The van der Waals surface area contributed by atoms with E-state index in [1.54, 1.807) is 6.07 Å². The first-order valence-corrected chi connectivity index (χ1v) is 9.56. The Kier molecular flexibility index (Phi) is 5.23. The van der Waals surface area contributed by atoms with Crippen molar-refractivity contribution in [3.8, 4) is 0 Å². The zero-order valence-electron chi connectivity index (χ0n) is 15.5. The lowest BCUT2D eigenvalue weighted by atomic mass is 9.97. The summed E-state index contributed by atoms with van der Waals surface area (Å²) in [6, 6.07) is 20.5. The van der Waals surface area contributed by atoms with Gasteiger partial charge in [0, 0.05) is 19.6 Å². The number of rotatable bonds is 4. The Morgan fingerprint density at radius 2 is 1.68 bits per heavy atom. The third-order valence-electron chi connectivity index (χ3n) is 5.43. The van der Waals surface area contributed by atoms with Crippen molar-refractivity contribution in [1.82, 2.24) is 4.90 Å². The van der Waals surface area contributed by atoms with E-state index in [1.165, 1.54) is 28.5 Å². The van der Waals surface area contributed by atoms with Crippen LogP contribution < -0.4 is 0 Å². The first-order chi connectivity index (χ1) is 13.5. The minimum atomic E-state index is -4.30. The first-order valence-electron chi connectivity index (χ1n) is 9.56. The number of hydrogen-bond donors (Lipinski definition) is 0. The molecule has 1 heterocycles. The minimum Gasteiger partial charge on any atom is -0.299 e. The van der Waals surface area contributed by atoms with Crippen LogP contribution in [-0.2, 0) is 12.6 Å². The van der Waals surface area contributed by atoms with Crippen molar-refractivity contribution >= 4 is 16.3 Å². The first kappa shape index (κ1) is 18.8. The number of hydrogen-bond acceptors (Lipinski definition) is 1. The molecular weight excluding hydrogens is 359 g/mol. The number of halogens is 3. The van der Waals surface area contributed by atoms with Crippen LogP contribution in [-0.4, -0.2) is 24.5 Å². The van der Waals surface area contributed by atoms with Gasteiger partial charge in [-0.1, -0.05) is 60.7 Å². The molecule has 3 aromatic rings. The highest BCUT2D eigenvalue weighted by Crippen LogP contribution is 2.32. The molecule has 0 N–H and O–H groups in total. The summed E-state index contributed by atoms with van der Waals surface area (Å²) in [4.78, 5) is 2.36. The molecule has 1 aliphatic heterocycles. The summed E-state index contributed by atoms with van der Waals surface area (Å²) in [5.74, 6) is 0. The van der Waals surface area contributed by atoms with Gasteiger partial charge in [0.25, 0.3) is 0 Å². The fourth-order valence-electron chi connectivity index (χ4n) is 3.86. The van der Waals surface area contributed by atoms with E-state index in [-0.39, 0.29) is 0 Å². The van der Waals surface area contributed by atoms with E-state index >= 15 is 0 Å². The Morgan fingerprint density at radius 1 is 0.893 bits per heavy atom. The van der Waals surface area contributed by atoms with Crippen molar-refractivity contribution in [2.75, 3.05) is 19.6 Å². The summed E-state index contributed by atoms with van der Waals surface area (Å²) in [5, 5.41) is 2.55. The van der Waals surface area contributed by atoms with Gasteiger partial charge in [0.05, 0.1) is 5.56 Å². The maximum absolute atomic E-state index is 12.9. The summed E-state index contributed by atoms with van der Waals surface area (Å²) in [6.45, 7) is 2.59. The Balaban J connectivity index is 1.42. The summed E-state index contributed by atoms with van der Waals surface area (Å²) < 4.78 is 38.8. The fourth-order valence-corrected chi connectivity index (χ4v) is 3.86. The number of benzene rings is 3. The average Bonchev–Trinajstić information content (AvgIpc) is 2.72. The van der Waals surface area contributed by atoms with Crippen molar-refractivity contribution in [2.45, 2.75) is 19.0 Å². The molecule has 0 radical (unpaired) electrons. The van der Waals surface area contributed by atoms with E-state index in [4.69, 9.17) is 0 Å². The van der Waals surface area contributed by atoms with Crippen molar-refractivity contribution in [3.05, 3.63) is 89.5 Å². The van der Waals surface area contributed by atoms with E-state index in [1.807, 2.05) is 0 Å². The molecule has 0 spiro atoms. The van der Waals surface area contributed by atoms with E-state index in [0.29, 0.717) is 5.56 Å². The molecule has 0 saturated heterocycles. The van der Waals surface area contributed by atoms with Gasteiger partial charge >= 0.3 is 6.18 Å². The van der Waals surface area contributed by atoms with Crippen LogP contribution in [0.25, 0.3) is 16.3 Å². The Morgan fingerprint density at radius 3 is 2.46 bits per heavy atom. The van der Waals surface area contributed by atoms with Crippen LogP contribution >= 0.6 is 0 Å². The molecule has 0 fully saturated rings. The van der Waals surface area contributed by atoms with Gasteiger partial charge < -0.3 is 0 Å². The molecule has 144 valence electrons. The molecule has 0 atom stereocenters. The molecule has 1 nitrogen and oxygen atoms in total. The molecular formula is C24H22F3N. The topological polar surface area (TPSA) is 3.24 Å². The average molecular weight is 381 g/mol. The van der Waals surface area contributed by atoms with Crippen molar-refractivity contribution in [2.24, 2.45) is 0 Å². The van der Waals surface area contributed by atoms with E-state index in [9.17, 15) is 13.2 Å². The van der Waals surface area contributed by atoms with Gasteiger partial charge in [-0.15, -0.1) is 0 Å². The van der Waals surface area contributed by atoms with Gasteiger partial charge in [-0.2, -0.15) is 13.2 Å². The van der Waals surface area contributed by atoms with Gasteiger partial charge in [0.2, 0.25) is 0 Å². The zero-order valence-corrected chi connectivity index (χ0v) is 15.5. The molecule has 0 saturated carbocycles. The maximum atomic E-state index is 12.9. The molecule has 0 unspecified atom stereocenters. The van der Waals surface area contributed by atoms with Crippen LogP contribution in [0.3, 0.4) is 0 Å². The number of fused-ring (bicyclic) bond motifs is 1. The zero-order chi connectivity index (χ0) is 19.6. The van der Waals surface area contributed by atoms with Gasteiger partial charge in [-0.25, -0.2) is 0 Å². The van der Waals surface area contributed by atoms with Crippen molar-refractivity contribution in [1.29, 1.82) is 0 Å². The lowest BCUT2D eigenvalue weighted by Crippen LogP contribution is -2.30. The van der Waals surface area contributed by atoms with Gasteiger partial charge in [0.15, 0.2) is 0 Å². The summed E-state index contributed by atoms with van der Waals surface area (Å²) in [7, 11) is 0. The second-order valence-corrected chi connectivity index (χ2v) is 7.25. The van der Waals surface area contributed by atoms with Crippen LogP contribution in [0.5, 0.6) is 0 Å². The highest BCUT2D eigenvalue weighted by Gasteiger charge is 2.30. The smallest absolute Gasteiger partial charge is 0.299 e. The lowest BCUT2D eigenvalue weighted by Gasteiger charge is -2.27. The quantitative estimate of drug-likeness (QED) is 0.521. The monoisotopic (exact) mass is 381 g/mol. The highest BCUT2D eigenvalue weighted by atomic mass is 19.4. The SMILES string of the molecule is FC(F)(F)c1cccc(C2=CCN(CCc3cccc4ccccc34)CC2)c1. The Hall–Kier alpha value is -2.59. The summed E-state index contributed by atoms with van der Waals surface area (Å²) in [6.07, 6.45) is -0.483. The molecule has 0 aromatic heterocycles. The van der Waals surface area contributed by atoms with Crippen LogP contribution in [0.15, 0.2) is 72.8 Å². The third kappa shape index (κ3) is 4.12. The number of nitrogens with zero attached hydrogens (tertiary/aromatic N) is 1. The molecule has 1 aliphatic rings. The fraction of sp³-hybridized carbons (Fsp3) is 0.250. The van der Waals surface area contributed by atoms with E-state index in [2.05, 4.69) is 53.4 Å². The van der Waals surface area contributed by atoms with Gasteiger partial charge in [-0.05, 0) is 52.4 Å². The van der Waals surface area contributed by atoms with Crippen molar-refractivity contribution in [3.63, 3.8) is 0 Å². The molecule has 0 aliphatic carbocycles. The predicted molar refractivity (Wildman–Crippen MR) is 108 cm³/mol. The second kappa shape index (κ2) is 7.80. The molecule has 4 heteroatoms. The van der Waals surface area contributed by atoms with Crippen LogP contribution in [0.1, 0.15) is 23.1 Å². The van der Waals surface area contributed by atoms with Crippen molar-refractivity contribution < 1.29 is 13.2 Å².